The van der Waals surface area contributed by atoms with E-state index in [-0.39, 0.29) is 34.4 Å². The summed E-state index contributed by atoms with van der Waals surface area (Å²) in [5.74, 6) is -0.563. The molecular weight excluding hydrogens is 454 g/mol. The molecule has 0 bridgehead atoms. The zero-order valence-electron chi connectivity index (χ0n) is 17.6. The van der Waals surface area contributed by atoms with Gasteiger partial charge >= 0.3 is 6.61 Å². The molecule has 3 aromatic heterocycles. The molecule has 1 unspecified atom stereocenters. The second-order valence-electron chi connectivity index (χ2n) is 7.11. The van der Waals surface area contributed by atoms with Crippen molar-refractivity contribution in [2.45, 2.75) is 23.7 Å². The van der Waals surface area contributed by atoms with Crippen molar-refractivity contribution >= 4 is 29.0 Å². The summed E-state index contributed by atoms with van der Waals surface area (Å²) in [6.07, 6.45) is 6.17. The fourth-order valence-corrected chi connectivity index (χ4v) is 4.06. The lowest BCUT2D eigenvalue weighted by Crippen LogP contribution is -2.12. The van der Waals surface area contributed by atoms with Crippen LogP contribution in [-0.2, 0) is 7.05 Å². The molecule has 0 spiro atoms. The molecule has 0 fully saturated rings. The summed E-state index contributed by atoms with van der Waals surface area (Å²) in [6, 6.07) is 6.38. The largest absolute Gasteiger partial charge is 0.434 e. The highest BCUT2D eigenvalue weighted by atomic mass is 32.2. The molecule has 0 saturated heterocycles. The average Bonchev–Trinajstić information content (AvgIpc) is 3.37. The van der Waals surface area contributed by atoms with Crippen LogP contribution in [0.2, 0.25) is 0 Å². The zero-order valence-corrected chi connectivity index (χ0v) is 18.5. The van der Waals surface area contributed by atoms with Gasteiger partial charge in [0, 0.05) is 41.3 Å². The molecule has 0 aliphatic heterocycles. The molecule has 0 saturated carbocycles. The lowest BCUT2D eigenvalue weighted by Gasteiger charge is -2.14. The Bertz CT molecular complexity index is 1290. The highest BCUT2D eigenvalue weighted by Gasteiger charge is 2.22. The van der Waals surface area contributed by atoms with E-state index in [9.17, 15) is 18.7 Å². The molecular formula is C21H20F2N6O3S. The van der Waals surface area contributed by atoms with Crippen LogP contribution in [0.15, 0.2) is 53.9 Å². The molecule has 2 N–H and O–H groups in total. The maximum Gasteiger partial charge on any atom is 0.387 e. The van der Waals surface area contributed by atoms with Crippen LogP contribution < -0.4 is 10.1 Å². The van der Waals surface area contributed by atoms with Gasteiger partial charge in [-0.1, -0.05) is 6.92 Å². The van der Waals surface area contributed by atoms with Gasteiger partial charge in [0.15, 0.2) is 5.65 Å². The number of alkyl halides is 2. The number of aliphatic hydroxyl groups excluding tert-OH is 1. The van der Waals surface area contributed by atoms with Gasteiger partial charge in [0.2, 0.25) is 0 Å². The highest BCUT2D eigenvalue weighted by molar-refractivity contribution is 8.00. The van der Waals surface area contributed by atoms with Gasteiger partial charge in [-0.15, -0.1) is 11.8 Å². The number of amides is 1. The summed E-state index contributed by atoms with van der Waals surface area (Å²) in [5, 5.41) is 20.5. The summed E-state index contributed by atoms with van der Waals surface area (Å²) < 4.78 is 33.8. The minimum Gasteiger partial charge on any atom is -0.434 e. The van der Waals surface area contributed by atoms with E-state index < -0.39 is 12.5 Å². The molecule has 12 heteroatoms. The number of ether oxygens (including phenoxy) is 1. The first kappa shape index (κ1) is 22.7. The number of halogens is 2. The van der Waals surface area contributed by atoms with Crippen molar-refractivity contribution in [1.82, 2.24) is 24.4 Å². The molecule has 1 aromatic carbocycles. The minimum atomic E-state index is -3.04. The van der Waals surface area contributed by atoms with Crippen molar-refractivity contribution in [3.8, 4) is 17.0 Å². The maximum absolute atomic E-state index is 13.1. The van der Waals surface area contributed by atoms with Crippen LogP contribution in [0.5, 0.6) is 5.75 Å². The number of carbonyl (C=O) groups is 1. The number of carbonyl (C=O) groups excluding carboxylic acids is 1. The van der Waals surface area contributed by atoms with Crippen LogP contribution in [0.3, 0.4) is 0 Å². The molecule has 3 heterocycles. The van der Waals surface area contributed by atoms with Crippen LogP contribution in [-0.4, -0.2) is 53.9 Å². The standard InChI is InChI=1S/C21H20F2N6O3S/c1-12(11-30)33-13-4-5-17(32-21(22)23)14(8-13)18-16(10-28(2)27-18)26-20(31)15-9-25-29-7-3-6-24-19(15)29/h3-10,12,21,30H,11H2,1-2H3,(H,26,31). The quantitative estimate of drug-likeness (QED) is 0.377. The van der Waals surface area contributed by atoms with Gasteiger partial charge in [-0.25, -0.2) is 9.50 Å². The lowest BCUT2D eigenvalue weighted by molar-refractivity contribution is -0.0494. The van der Waals surface area contributed by atoms with Crippen molar-refractivity contribution in [3.05, 3.63) is 54.6 Å². The predicted octanol–water partition coefficient (Wildman–Crippen LogP) is 3.46. The number of anilines is 1. The summed E-state index contributed by atoms with van der Waals surface area (Å²) in [7, 11) is 1.65. The number of thioether (sulfide) groups is 1. The van der Waals surface area contributed by atoms with E-state index in [0.717, 1.165) is 4.90 Å². The van der Waals surface area contributed by atoms with E-state index >= 15 is 0 Å². The van der Waals surface area contributed by atoms with E-state index in [4.69, 9.17) is 4.74 Å². The number of hydrogen-bond acceptors (Lipinski definition) is 7. The summed E-state index contributed by atoms with van der Waals surface area (Å²) in [4.78, 5) is 17.9. The Morgan fingerprint density at radius 2 is 2.18 bits per heavy atom. The SMILES string of the molecule is CC(CO)Sc1ccc(OC(F)F)c(-c2nn(C)cc2NC(=O)c2cnn3cccnc23)c1. The molecule has 172 valence electrons. The monoisotopic (exact) mass is 474 g/mol. The van der Waals surface area contributed by atoms with Crippen LogP contribution in [0.1, 0.15) is 17.3 Å². The summed E-state index contributed by atoms with van der Waals surface area (Å²) >= 11 is 1.37. The number of fused-ring (bicyclic) bond motifs is 1. The Morgan fingerprint density at radius 1 is 1.36 bits per heavy atom. The third-order valence-electron chi connectivity index (χ3n) is 4.62. The molecule has 0 radical (unpaired) electrons. The zero-order chi connectivity index (χ0) is 23.5. The van der Waals surface area contributed by atoms with E-state index in [1.165, 1.54) is 33.2 Å². The van der Waals surface area contributed by atoms with E-state index in [2.05, 4.69) is 20.5 Å². The van der Waals surface area contributed by atoms with E-state index in [1.54, 1.807) is 43.8 Å². The summed E-state index contributed by atoms with van der Waals surface area (Å²) in [6.45, 7) is -1.25. The minimum absolute atomic E-state index is 0.0478. The van der Waals surface area contributed by atoms with Crippen molar-refractivity contribution in [2.75, 3.05) is 11.9 Å². The molecule has 0 aliphatic rings. The van der Waals surface area contributed by atoms with Gasteiger partial charge in [-0.3, -0.25) is 9.48 Å². The predicted molar refractivity (Wildman–Crippen MR) is 119 cm³/mol. The third kappa shape index (κ3) is 4.96. The van der Waals surface area contributed by atoms with E-state index in [0.29, 0.717) is 11.3 Å². The van der Waals surface area contributed by atoms with Gasteiger partial charge in [0.25, 0.3) is 5.91 Å². The van der Waals surface area contributed by atoms with Crippen molar-refractivity contribution in [1.29, 1.82) is 0 Å². The number of rotatable bonds is 8. The number of nitrogens with zero attached hydrogens (tertiary/aromatic N) is 5. The van der Waals surface area contributed by atoms with Crippen LogP contribution in [0.4, 0.5) is 14.5 Å². The molecule has 9 nitrogen and oxygen atoms in total. The van der Waals surface area contributed by atoms with Crippen molar-refractivity contribution < 1.29 is 23.4 Å². The number of hydrogen-bond donors (Lipinski definition) is 2. The van der Waals surface area contributed by atoms with Gasteiger partial charge < -0.3 is 15.2 Å². The molecule has 1 atom stereocenters. The fraction of sp³-hybridized carbons (Fsp3) is 0.238. The number of aryl methyl sites for hydroxylation is 1. The molecule has 1 amide bonds. The smallest absolute Gasteiger partial charge is 0.387 e. The van der Waals surface area contributed by atoms with Gasteiger partial charge in [0.1, 0.15) is 17.0 Å². The second-order valence-corrected chi connectivity index (χ2v) is 8.62. The topological polar surface area (TPSA) is 107 Å². The van der Waals surface area contributed by atoms with Gasteiger partial charge in [0.05, 0.1) is 18.5 Å². The first-order chi connectivity index (χ1) is 15.9. The molecule has 33 heavy (non-hydrogen) atoms. The summed E-state index contributed by atoms with van der Waals surface area (Å²) in [5.41, 5.74) is 1.45. The Kier molecular flexibility index (Phi) is 6.56. The first-order valence-corrected chi connectivity index (χ1v) is 10.7. The van der Waals surface area contributed by atoms with E-state index in [1.807, 2.05) is 6.92 Å². The average molecular weight is 474 g/mol. The number of nitrogens with one attached hydrogen (secondary N) is 1. The second kappa shape index (κ2) is 9.55. The molecule has 4 rings (SSSR count). The van der Waals surface area contributed by atoms with Gasteiger partial charge in [-0.2, -0.15) is 19.0 Å². The number of benzene rings is 1. The Hall–Kier alpha value is -3.51. The normalized spacial score (nSPS) is 12.3. The molecule has 4 aromatic rings. The lowest BCUT2D eigenvalue weighted by atomic mass is 10.1. The number of aliphatic hydroxyl groups is 1. The van der Waals surface area contributed by atoms with Crippen LogP contribution >= 0.6 is 11.8 Å². The highest BCUT2D eigenvalue weighted by Crippen LogP contribution is 2.38. The van der Waals surface area contributed by atoms with Crippen molar-refractivity contribution in [3.63, 3.8) is 0 Å². The number of aromatic nitrogens is 5. The fourth-order valence-electron chi connectivity index (χ4n) is 3.19. The Morgan fingerprint density at radius 3 is 2.94 bits per heavy atom. The van der Waals surface area contributed by atoms with Crippen LogP contribution in [0, 0.1) is 0 Å². The van der Waals surface area contributed by atoms with Crippen LogP contribution in [0.25, 0.3) is 16.9 Å². The first-order valence-electron chi connectivity index (χ1n) is 9.85. The Balaban J connectivity index is 1.72. The maximum atomic E-state index is 13.1. The molecule has 0 aliphatic carbocycles. The van der Waals surface area contributed by atoms with Crippen molar-refractivity contribution in [2.24, 2.45) is 7.05 Å². The Labute approximate surface area is 191 Å². The third-order valence-corrected chi connectivity index (χ3v) is 5.70. The van der Waals surface area contributed by atoms with Gasteiger partial charge in [-0.05, 0) is 24.3 Å².